The van der Waals surface area contributed by atoms with Crippen molar-refractivity contribution in [2.45, 2.75) is 24.5 Å². The van der Waals surface area contributed by atoms with Crippen LogP contribution in [0.2, 0.25) is 0 Å². The number of rotatable bonds is 1. The molecule has 0 radical (unpaired) electrons. The van der Waals surface area contributed by atoms with E-state index in [-0.39, 0.29) is 18.3 Å². The molecule has 3 aliphatic rings. The Morgan fingerprint density at radius 3 is 2.67 bits per heavy atom. The van der Waals surface area contributed by atoms with Crippen molar-refractivity contribution in [1.29, 1.82) is 5.26 Å². The van der Waals surface area contributed by atoms with Gasteiger partial charge in [-0.25, -0.2) is 19.5 Å². The molecule has 4 amide bonds. The third-order valence-corrected chi connectivity index (χ3v) is 6.01. The van der Waals surface area contributed by atoms with Gasteiger partial charge in [-0.3, -0.25) is 9.59 Å². The number of fused-ring (bicyclic) bond motifs is 6. The van der Waals surface area contributed by atoms with Crippen LogP contribution in [0, 0.1) is 11.3 Å². The molecule has 0 N–H and O–H groups in total. The Kier molecular flexibility index (Phi) is 3.76. The van der Waals surface area contributed by atoms with Crippen molar-refractivity contribution in [2.24, 2.45) is 0 Å². The quantitative estimate of drug-likeness (QED) is 0.382. The van der Waals surface area contributed by atoms with E-state index in [1.54, 1.807) is 24.3 Å². The first-order valence-electron chi connectivity index (χ1n) is 9.31. The van der Waals surface area contributed by atoms with Crippen molar-refractivity contribution in [3.8, 4) is 6.07 Å². The Balaban J connectivity index is 1.55. The first-order chi connectivity index (χ1) is 14.5. The summed E-state index contributed by atoms with van der Waals surface area (Å²) in [6.07, 6.45) is 1.78. The van der Waals surface area contributed by atoms with E-state index in [0.717, 1.165) is 12.0 Å². The molecule has 3 saturated heterocycles. The number of hydrogen-bond acceptors (Lipinski definition) is 7. The number of urea groups is 1. The lowest BCUT2D eigenvalue weighted by Crippen LogP contribution is -2.56. The fourth-order valence-electron chi connectivity index (χ4n) is 4.76. The molecule has 10 heteroatoms. The molecule has 2 bridgehead atoms. The van der Waals surface area contributed by atoms with Crippen LogP contribution in [0.3, 0.4) is 0 Å². The van der Waals surface area contributed by atoms with E-state index >= 15 is 0 Å². The third-order valence-electron chi connectivity index (χ3n) is 6.01. The highest BCUT2D eigenvalue weighted by molar-refractivity contribution is 6.33. The topological polar surface area (TPSA) is 124 Å². The fraction of sp³-hybridized carbons (Fsp3) is 0.300. The molecule has 1 aromatic carbocycles. The number of likely N-dealkylation sites (tertiary alicyclic amines) is 1. The number of aromatic nitrogens is 1. The highest BCUT2D eigenvalue weighted by atomic mass is 16.5. The van der Waals surface area contributed by atoms with Crippen molar-refractivity contribution >= 4 is 40.3 Å². The smallest absolute Gasteiger partial charge is 0.396 e. The normalized spacial score (nSPS) is 24.4. The summed E-state index contributed by atoms with van der Waals surface area (Å²) in [6.45, 7) is 0.175. The molecular formula is C20H15N5O5. The van der Waals surface area contributed by atoms with Crippen LogP contribution < -0.4 is 4.90 Å². The zero-order valence-corrected chi connectivity index (χ0v) is 15.8. The van der Waals surface area contributed by atoms with Gasteiger partial charge in [-0.1, -0.05) is 24.3 Å². The lowest BCUT2D eigenvalue weighted by molar-refractivity contribution is -0.160. The molecule has 0 saturated carbocycles. The monoisotopic (exact) mass is 405 g/mol. The minimum absolute atomic E-state index is 0.175. The molecule has 1 aromatic heterocycles. The van der Waals surface area contributed by atoms with Gasteiger partial charge in [0.15, 0.2) is 0 Å². The lowest BCUT2D eigenvalue weighted by atomic mass is 10.1. The van der Waals surface area contributed by atoms with Crippen molar-refractivity contribution in [2.75, 3.05) is 18.6 Å². The number of anilines is 1. The second-order valence-electron chi connectivity index (χ2n) is 7.36. The van der Waals surface area contributed by atoms with E-state index in [1.165, 1.54) is 16.0 Å². The fourth-order valence-corrected chi connectivity index (χ4v) is 4.76. The van der Waals surface area contributed by atoms with Crippen LogP contribution in [0.5, 0.6) is 0 Å². The van der Waals surface area contributed by atoms with Crippen LogP contribution in [0.15, 0.2) is 30.5 Å². The van der Waals surface area contributed by atoms with Crippen molar-refractivity contribution in [3.05, 3.63) is 36.2 Å². The Bertz CT molecular complexity index is 1190. The number of benzene rings is 1. The zero-order chi connectivity index (χ0) is 21.2. The molecule has 0 spiro atoms. The van der Waals surface area contributed by atoms with Gasteiger partial charge >= 0.3 is 17.9 Å². The van der Waals surface area contributed by atoms with Gasteiger partial charge in [0.1, 0.15) is 17.8 Å². The summed E-state index contributed by atoms with van der Waals surface area (Å²) < 4.78 is 4.51. The zero-order valence-electron chi connectivity index (χ0n) is 15.8. The highest BCUT2D eigenvalue weighted by Crippen LogP contribution is 2.43. The van der Waals surface area contributed by atoms with Crippen LogP contribution in [-0.4, -0.2) is 70.4 Å². The number of carbonyl (C=O) groups excluding carboxylic acids is 4. The number of imide groups is 1. The van der Waals surface area contributed by atoms with Gasteiger partial charge in [-0.05, 0) is 6.42 Å². The van der Waals surface area contributed by atoms with E-state index in [1.807, 2.05) is 6.07 Å². The molecule has 5 rings (SSSR count). The number of nitriles is 1. The summed E-state index contributed by atoms with van der Waals surface area (Å²) in [5.74, 6) is -2.29. The molecule has 30 heavy (non-hydrogen) atoms. The first kappa shape index (κ1) is 18.1. The van der Waals surface area contributed by atoms with Crippen LogP contribution in [0.1, 0.15) is 12.1 Å². The molecule has 150 valence electrons. The Hall–Kier alpha value is -4.00. The Morgan fingerprint density at radius 1 is 1.23 bits per heavy atom. The van der Waals surface area contributed by atoms with Crippen LogP contribution in [0.25, 0.3) is 10.8 Å². The number of methoxy groups -OCH3 is 1. The summed E-state index contributed by atoms with van der Waals surface area (Å²) >= 11 is 0. The van der Waals surface area contributed by atoms with Crippen LogP contribution in [0.4, 0.5) is 10.5 Å². The number of hydrogen-bond donors (Lipinski definition) is 0. The first-order valence-corrected chi connectivity index (χ1v) is 9.31. The van der Waals surface area contributed by atoms with E-state index < -0.39 is 35.9 Å². The minimum Gasteiger partial charge on any atom is -0.462 e. The van der Waals surface area contributed by atoms with E-state index in [9.17, 15) is 24.4 Å². The predicted molar refractivity (Wildman–Crippen MR) is 101 cm³/mol. The summed E-state index contributed by atoms with van der Waals surface area (Å²) in [5, 5.41) is 10.4. The molecule has 4 heterocycles. The number of pyridine rings is 1. The molecule has 10 nitrogen and oxygen atoms in total. The number of nitrogens with zero attached hydrogens (tertiary/aromatic N) is 5. The van der Waals surface area contributed by atoms with E-state index in [0.29, 0.717) is 22.9 Å². The average Bonchev–Trinajstić information content (AvgIpc) is 3.43. The van der Waals surface area contributed by atoms with Crippen molar-refractivity contribution in [1.82, 2.24) is 14.8 Å². The third kappa shape index (κ3) is 2.20. The number of carbonyl (C=O) groups is 4. The Morgan fingerprint density at radius 2 is 1.97 bits per heavy atom. The summed E-state index contributed by atoms with van der Waals surface area (Å²) in [5.41, 5.74) is 0.489. The molecule has 3 aliphatic heterocycles. The highest BCUT2D eigenvalue weighted by Gasteiger charge is 2.63. The molecular weight excluding hydrogens is 390 g/mol. The lowest BCUT2D eigenvalue weighted by Gasteiger charge is -2.34. The van der Waals surface area contributed by atoms with E-state index in [2.05, 4.69) is 9.72 Å². The maximum Gasteiger partial charge on any atom is 0.396 e. The molecule has 0 aliphatic carbocycles. The predicted octanol–water partition coefficient (Wildman–Crippen LogP) is 0.400. The van der Waals surface area contributed by atoms with Gasteiger partial charge in [0.25, 0.3) is 5.91 Å². The minimum atomic E-state index is -0.995. The number of amides is 4. The average molecular weight is 405 g/mol. The van der Waals surface area contributed by atoms with Gasteiger partial charge in [0.2, 0.25) is 0 Å². The second kappa shape index (κ2) is 6.25. The number of esters is 1. The molecule has 1 unspecified atom stereocenters. The van der Waals surface area contributed by atoms with Gasteiger partial charge < -0.3 is 14.5 Å². The summed E-state index contributed by atoms with van der Waals surface area (Å²) in [7, 11) is 1.12. The van der Waals surface area contributed by atoms with Gasteiger partial charge in [-0.2, -0.15) is 5.26 Å². The van der Waals surface area contributed by atoms with Crippen molar-refractivity contribution < 1.29 is 23.9 Å². The van der Waals surface area contributed by atoms with Gasteiger partial charge in [0, 0.05) is 17.3 Å². The van der Waals surface area contributed by atoms with Gasteiger partial charge in [0.05, 0.1) is 31.1 Å². The summed E-state index contributed by atoms with van der Waals surface area (Å²) in [4.78, 5) is 58.5. The molecule has 2 aromatic rings. The number of piperazine rings is 1. The maximum absolute atomic E-state index is 13.3. The Labute approximate surface area is 170 Å². The standard InChI is InChI=1S/C20H15N5O5/c1-30-19(28)18(27)23-9-10-6-14(23)16-17(26)25(20(29)24(10)16)15-8-22-13(7-21)11-4-2-3-5-12(11)15/h2-5,8,10,14,16H,6,9H2,1H3/t10-,14?,16+/m1/s1. The van der Waals surface area contributed by atoms with E-state index in [4.69, 9.17) is 0 Å². The SMILES string of the molecule is COC(=O)C(=O)N1C[C@H]2CC1[C@H]1C(=O)N(c3cnc(C#N)c4ccccc34)C(=O)N21. The molecule has 3 atom stereocenters. The maximum atomic E-state index is 13.3. The van der Waals surface area contributed by atoms with Crippen LogP contribution in [-0.2, 0) is 19.1 Å². The largest absolute Gasteiger partial charge is 0.462 e. The summed E-state index contributed by atoms with van der Waals surface area (Å²) in [6, 6.07) is 6.65. The van der Waals surface area contributed by atoms with Crippen LogP contribution >= 0.6 is 0 Å². The number of ether oxygens (including phenoxy) is 1. The van der Waals surface area contributed by atoms with Crippen molar-refractivity contribution in [3.63, 3.8) is 0 Å². The second-order valence-corrected chi connectivity index (χ2v) is 7.36. The molecule has 3 fully saturated rings. The van der Waals surface area contributed by atoms with Gasteiger partial charge in [-0.15, -0.1) is 0 Å².